The molecule has 0 N–H and O–H groups in total. The van der Waals surface area contributed by atoms with Crippen molar-refractivity contribution in [2.45, 2.75) is 0 Å². The smallest absolute Gasteiger partial charge is 0.0717 e. The van der Waals surface area contributed by atoms with Crippen LogP contribution in [0, 0.1) is 6.07 Å². The van der Waals surface area contributed by atoms with Crippen LogP contribution in [-0.4, -0.2) is 9.97 Å². The van der Waals surface area contributed by atoms with Crippen LogP contribution in [0.2, 0.25) is 0 Å². The Labute approximate surface area is 70.9 Å². The highest BCUT2D eigenvalue weighted by Crippen LogP contribution is 2.12. The SMILES string of the molecule is [c]1cncc(-c2ccccn2)c1. The van der Waals surface area contributed by atoms with Gasteiger partial charge in [-0.1, -0.05) is 6.07 Å². The lowest BCUT2D eigenvalue weighted by Crippen LogP contribution is -1.81. The first kappa shape index (κ1) is 6.98. The highest BCUT2D eigenvalue weighted by atomic mass is 14.7. The summed E-state index contributed by atoms with van der Waals surface area (Å²) in [6.45, 7) is 0. The van der Waals surface area contributed by atoms with E-state index in [0.29, 0.717) is 0 Å². The van der Waals surface area contributed by atoms with E-state index in [1.54, 1.807) is 18.6 Å². The van der Waals surface area contributed by atoms with Crippen LogP contribution in [-0.2, 0) is 0 Å². The zero-order valence-electron chi connectivity index (χ0n) is 6.44. The molecule has 0 fully saturated rings. The molecule has 57 valence electrons. The highest BCUT2D eigenvalue weighted by molar-refractivity contribution is 5.56. The van der Waals surface area contributed by atoms with Crippen LogP contribution >= 0.6 is 0 Å². The van der Waals surface area contributed by atoms with Crippen molar-refractivity contribution in [3.8, 4) is 11.3 Å². The summed E-state index contributed by atoms with van der Waals surface area (Å²) in [5, 5.41) is 0. The molecule has 0 saturated carbocycles. The maximum Gasteiger partial charge on any atom is 0.0717 e. The molecule has 0 bridgehead atoms. The molecule has 2 rings (SSSR count). The molecule has 0 aliphatic carbocycles. The Hall–Kier alpha value is -1.70. The second-order valence-corrected chi connectivity index (χ2v) is 2.39. The molecule has 2 heterocycles. The normalized spacial score (nSPS) is 9.67. The quantitative estimate of drug-likeness (QED) is 0.629. The Morgan fingerprint density at radius 1 is 1.25 bits per heavy atom. The van der Waals surface area contributed by atoms with Gasteiger partial charge in [-0.25, -0.2) is 0 Å². The number of hydrogen-bond acceptors (Lipinski definition) is 2. The standard InChI is InChI=1S/C10H7N2/c1-2-7-12-10(5-1)9-4-3-6-11-8-9/h1-2,4-8H. The third kappa shape index (κ3) is 1.32. The van der Waals surface area contributed by atoms with E-state index >= 15 is 0 Å². The molecular weight excluding hydrogens is 148 g/mol. The topological polar surface area (TPSA) is 25.8 Å². The van der Waals surface area contributed by atoms with Gasteiger partial charge < -0.3 is 0 Å². The van der Waals surface area contributed by atoms with Crippen molar-refractivity contribution in [1.82, 2.24) is 9.97 Å². The minimum absolute atomic E-state index is 0.932. The number of aromatic nitrogens is 2. The maximum absolute atomic E-state index is 4.19. The van der Waals surface area contributed by atoms with E-state index in [2.05, 4.69) is 16.0 Å². The number of hydrogen-bond donors (Lipinski definition) is 0. The summed E-state index contributed by atoms with van der Waals surface area (Å²) in [4.78, 5) is 8.15. The van der Waals surface area contributed by atoms with Crippen LogP contribution in [0.25, 0.3) is 11.3 Å². The van der Waals surface area contributed by atoms with Crippen molar-refractivity contribution in [2.24, 2.45) is 0 Å². The van der Waals surface area contributed by atoms with E-state index in [9.17, 15) is 0 Å². The zero-order chi connectivity index (χ0) is 8.23. The minimum Gasteiger partial charge on any atom is -0.263 e. The van der Waals surface area contributed by atoms with Gasteiger partial charge in [0.1, 0.15) is 0 Å². The third-order valence-electron chi connectivity index (χ3n) is 1.56. The molecule has 0 amide bonds. The fourth-order valence-electron chi connectivity index (χ4n) is 0.999. The molecule has 0 aromatic carbocycles. The largest absolute Gasteiger partial charge is 0.263 e. The molecule has 2 aromatic heterocycles. The highest BCUT2D eigenvalue weighted by Gasteiger charge is 1.94. The van der Waals surface area contributed by atoms with Gasteiger partial charge in [0.05, 0.1) is 5.69 Å². The van der Waals surface area contributed by atoms with Crippen molar-refractivity contribution in [2.75, 3.05) is 0 Å². The van der Waals surface area contributed by atoms with Gasteiger partial charge in [-0.2, -0.15) is 0 Å². The Kier molecular flexibility index (Phi) is 1.82. The lowest BCUT2D eigenvalue weighted by molar-refractivity contribution is 1.27. The van der Waals surface area contributed by atoms with Gasteiger partial charge >= 0.3 is 0 Å². The summed E-state index contributed by atoms with van der Waals surface area (Å²) in [7, 11) is 0. The Morgan fingerprint density at radius 2 is 2.25 bits per heavy atom. The predicted molar refractivity (Wildman–Crippen MR) is 46.3 cm³/mol. The van der Waals surface area contributed by atoms with Crippen molar-refractivity contribution in [3.05, 3.63) is 48.9 Å². The first-order chi connectivity index (χ1) is 5.97. The van der Waals surface area contributed by atoms with E-state index in [1.165, 1.54) is 0 Å². The first-order valence-electron chi connectivity index (χ1n) is 3.69. The Bertz CT molecular complexity index is 305. The van der Waals surface area contributed by atoms with Crippen molar-refractivity contribution < 1.29 is 0 Å². The van der Waals surface area contributed by atoms with Crippen LogP contribution < -0.4 is 0 Å². The molecule has 2 nitrogen and oxygen atoms in total. The second kappa shape index (κ2) is 3.13. The van der Waals surface area contributed by atoms with Gasteiger partial charge in [-0.3, -0.25) is 9.97 Å². The lowest BCUT2D eigenvalue weighted by atomic mass is 10.2. The van der Waals surface area contributed by atoms with Crippen LogP contribution in [0.15, 0.2) is 42.9 Å². The molecule has 0 unspecified atom stereocenters. The fraction of sp³-hybridized carbons (Fsp3) is 0. The van der Waals surface area contributed by atoms with E-state index < -0.39 is 0 Å². The van der Waals surface area contributed by atoms with Crippen LogP contribution in [0.1, 0.15) is 0 Å². The van der Waals surface area contributed by atoms with Crippen molar-refractivity contribution in [3.63, 3.8) is 0 Å². The number of pyridine rings is 2. The summed E-state index contributed by atoms with van der Waals surface area (Å²) in [6.07, 6.45) is 5.17. The average Bonchev–Trinajstić information content (AvgIpc) is 2.21. The van der Waals surface area contributed by atoms with E-state index in [4.69, 9.17) is 0 Å². The van der Waals surface area contributed by atoms with Gasteiger partial charge in [0.15, 0.2) is 0 Å². The zero-order valence-corrected chi connectivity index (χ0v) is 6.44. The molecular formula is C10H7N2. The van der Waals surface area contributed by atoms with E-state index in [1.807, 2.05) is 24.3 Å². The number of rotatable bonds is 1. The molecule has 0 atom stereocenters. The predicted octanol–water partition coefficient (Wildman–Crippen LogP) is 1.94. The van der Waals surface area contributed by atoms with E-state index in [-0.39, 0.29) is 0 Å². The summed E-state index contributed by atoms with van der Waals surface area (Å²) < 4.78 is 0. The molecule has 2 heteroatoms. The van der Waals surface area contributed by atoms with Crippen LogP contribution in [0.3, 0.4) is 0 Å². The Balaban J connectivity index is 2.46. The van der Waals surface area contributed by atoms with Gasteiger partial charge in [0.2, 0.25) is 0 Å². The number of nitrogens with zero attached hydrogens (tertiary/aromatic N) is 2. The molecule has 0 aliphatic rings. The first-order valence-corrected chi connectivity index (χ1v) is 3.69. The molecule has 0 saturated heterocycles. The minimum atomic E-state index is 0.932. The van der Waals surface area contributed by atoms with Gasteiger partial charge in [0.25, 0.3) is 0 Å². The average molecular weight is 155 g/mol. The van der Waals surface area contributed by atoms with Crippen LogP contribution in [0.5, 0.6) is 0 Å². The van der Waals surface area contributed by atoms with Gasteiger partial charge in [0, 0.05) is 30.2 Å². The van der Waals surface area contributed by atoms with Gasteiger partial charge in [-0.15, -0.1) is 0 Å². The molecule has 1 radical (unpaired) electrons. The third-order valence-corrected chi connectivity index (χ3v) is 1.56. The van der Waals surface area contributed by atoms with Crippen molar-refractivity contribution >= 4 is 0 Å². The summed E-state index contributed by atoms with van der Waals surface area (Å²) in [5.41, 5.74) is 1.93. The summed E-state index contributed by atoms with van der Waals surface area (Å²) >= 11 is 0. The summed E-state index contributed by atoms with van der Waals surface area (Å²) in [6, 6.07) is 10.6. The Morgan fingerprint density at radius 3 is 2.92 bits per heavy atom. The lowest BCUT2D eigenvalue weighted by Gasteiger charge is -1.96. The molecule has 0 spiro atoms. The van der Waals surface area contributed by atoms with Crippen LogP contribution in [0.4, 0.5) is 0 Å². The van der Waals surface area contributed by atoms with Crippen molar-refractivity contribution in [1.29, 1.82) is 0 Å². The summed E-state index contributed by atoms with van der Waals surface area (Å²) in [5.74, 6) is 0. The molecule has 0 aliphatic heterocycles. The molecule has 12 heavy (non-hydrogen) atoms. The van der Waals surface area contributed by atoms with Gasteiger partial charge in [-0.05, 0) is 18.2 Å². The molecule has 2 aromatic rings. The fourth-order valence-corrected chi connectivity index (χ4v) is 0.999. The maximum atomic E-state index is 4.19. The van der Waals surface area contributed by atoms with E-state index in [0.717, 1.165) is 11.3 Å². The second-order valence-electron chi connectivity index (χ2n) is 2.39. The monoisotopic (exact) mass is 155 g/mol.